The first-order valence-electron chi connectivity index (χ1n) is 9.12. The summed E-state index contributed by atoms with van der Waals surface area (Å²) in [4.78, 5) is 18.7. The molecule has 1 heterocycles. The topological polar surface area (TPSA) is 73.7 Å². The van der Waals surface area contributed by atoms with Crippen molar-refractivity contribution in [2.24, 2.45) is 23.2 Å². The summed E-state index contributed by atoms with van der Waals surface area (Å²) < 4.78 is 0. The molecule has 0 aromatic carbocycles. The molecule has 4 bridgehead atoms. The van der Waals surface area contributed by atoms with Crippen LogP contribution in [0.25, 0.3) is 0 Å². The van der Waals surface area contributed by atoms with E-state index < -0.39 is 0 Å². The first kappa shape index (κ1) is 15.9. The van der Waals surface area contributed by atoms with Crippen LogP contribution in [0.1, 0.15) is 49.0 Å². The van der Waals surface area contributed by atoms with Crippen molar-refractivity contribution in [3.05, 3.63) is 24.0 Å². The van der Waals surface area contributed by atoms with Gasteiger partial charge in [0.15, 0.2) is 0 Å². The average molecular weight is 330 g/mol. The molecule has 1 aromatic heterocycles. The van der Waals surface area contributed by atoms with Crippen LogP contribution in [0.3, 0.4) is 0 Å². The van der Waals surface area contributed by atoms with Gasteiger partial charge in [-0.1, -0.05) is 0 Å². The first-order chi connectivity index (χ1) is 11.6. The summed E-state index contributed by atoms with van der Waals surface area (Å²) in [6, 6.07) is 3.05. The Kier molecular flexibility index (Phi) is 3.99. The Bertz CT molecular complexity index is 578. The van der Waals surface area contributed by atoms with E-state index in [1.165, 1.54) is 50.8 Å². The van der Waals surface area contributed by atoms with Crippen molar-refractivity contribution in [2.75, 3.05) is 19.7 Å². The fourth-order valence-corrected chi connectivity index (χ4v) is 5.94. The molecule has 0 spiro atoms. The molecule has 1 amide bonds. The van der Waals surface area contributed by atoms with E-state index in [-0.39, 0.29) is 23.7 Å². The van der Waals surface area contributed by atoms with Crippen molar-refractivity contribution in [2.45, 2.75) is 38.5 Å². The Morgan fingerprint density at radius 3 is 2.29 bits per heavy atom. The van der Waals surface area contributed by atoms with Crippen LogP contribution in [-0.2, 0) is 0 Å². The number of amides is 1. The summed E-state index contributed by atoms with van der Waals surface area (Å²) >= 11 is 0. The maximum atomic E-state index is 12.8. The molecule has 0 unspecified atom stereocenters. The highest BCUT2D eigenvalue weighted by Crippen LogP contribution is 2.60. The molecule has 5 rings (SSSR count). The summed E-state index contributed by atoms with van der Waals surface area (Å²) in [6.07, 6.45) is 9.15. The van der Waals surface area contributed by atoms with Gasteiger partial charge in [-0.05, 0) is 73.8 Å². The molecule has 5 heteroatoms. The number of aliphatic hydroxyl groups excluding tert-OH is 1. The Balaban J connectivity index is 1.53. The quantitative estimate of drug-likeness (QED) is 0.870. The van der Waals surface area contributed by atoms with Crippen molar-refractivity contribution in [1.82, 2.24) is 9.88 Å². The molecule has 24 heavy (non-hydrogen) atoms. The molecule has 130 valence electrons. The van der Waals surface area contributed by atoms with Crippen LogP contribution in [0, 0.1) is 23.2 Å². The standard InChI is InChI=1S/C19H26N2O3/c22-4-3-21(18(24)17-2-1-16(23)11-20-17)12-19-8-13-5-14(9-19)7-15(6-13)10-19/h1-2,11,13-15,22-23H,3-10,12H2. The lowest BCUT2D eigenvalue weighted by molar-refractivity contribution is -0.0662. The van der Waals surface area contributed by atoms with Crippen molar-refractivity contribution in [3.8, 4) is 5.75 Å². The van der Waals surface area contributed by atoms with Gasteiger partial charge in [-0.2, -0.15) is 0 Å². The van der Waals surface area contributed by atoms with Gasteiger partial charge in [-0.15, -0.1) is 0 Å². The second-order valence-electron chi connectivity index (χ2n) is 8.27. The van der Waals surface area contributed by atoms with Gasteiger partial charge in [0.1, 0.15) is 11.4 Å². The average Bonchev–Trinajstić information content (AvgIpc) is 2.53. The summed E-state index contributed by atoms with van der Waals surface area (Å²) in [5, 5.41) is 18.8. The van der Waals surface area contributed by atoms with Crippen LogP contribution in [0.15, 0.2) is 18.3 Å². The Morgan fingerprint density at radius 2 is 1.79 bits per heavy atom. The lowest BCUT2D eigenvalue weighted by Gasteiger charge is -2.57. The third-order valence-corrected chi connectivity index (χ3v) is 6.32. The van der Waals surface area contributed by atoms with Crippen LogP contribution in [0.2, 0.25) is 0 Å². The van der Waals surface area contributed by atoms with Crippen LogP contribution in [-0.4, -0.2) is 45.7 Å². The van der Waals surface area contributed by atoms with Crippen LogP contribution >= 0.6 is 0 Å². The Morgan fingerprint density at radius 1 is 1.17 bits per heavy atom. The highest BCUT2D eigenvalue weighted by molar-refractivity contribution is 5.92. The fraction of sp³-hybridized carbons (Fsp3) is 0.684. The molecular weight excluding hydrogens is 304 g/mol. The zero-order valence-electron chi connectivity index (χ0n) is 14.0. The smallest absolute Gasteiger partial charge is 0.272 e. The van der Waals surface area contributed by atoms with E-state index in [0.717, 1.165) is 24.3 Å². The number of rotatable bonds is 5. The van der Waals surface area contributed by atoms with E-state index in [9.17, 15) is 15.0 Å². The van der Waals surface area contributed by atoms with Crippen LogP contribution < -0.4 is 0 Å². The lowest BCUT2D eigenvalue weighted by Crippen LogP contribution is -2.52. The van der Waals surface area contributed by atoms with E-state index >= 15 is 0 Å². The first-order valence-corrected chi connectivity index (χ1v) is 9.12. The number of carbonyl (C=O) groups is 1. The maximum absolute atomic E-state index is 12.8. The number of nitrogens with zero attached hydrogens (tertiary/aromatic N) is 2. The molecule has 4 saturated carbocycles. The summed E-state index contributed by atoms with van der Waals surface area (Å²) in [6.45, 7) is 1.05. The van der Waals surface area contributed by atoms with E-state index in [2.05, 4.69) is 4.98 Å². The van der Waals surface area contributed by atoms with Gasteiger partial charge in [0.2, 0.25) is 0 Å². The predicted octanol–water partition coefficient (Wildman–Crippen LogP) is 2.44. The van der Waals surface area contributed by atoms with Gasteiger partial charge in [0.05, 0.1) is 12.8 Å². The highest BCUT2D eigenvalue weighted by Gasteiger charge is 2.51. The molecule has 5 nitrogen and oxygen atoms in total. The highest BCUT2D eigenvalue weighted by atomic mass is 16.3. The van der Waals surface area contributed by atoms with Gasteiger partial charge >= 0.3 is 0 Å². The Labute approximate surface area is 142 Å². The normalized spacial score (nSPS) is 33.6. The van der Waals surface area contributed by atoms with E-state index in [0.29, 0.717) is 12.2 Å². The van der Waals surface area contributed by atoms with Crippen molar-refractivity contribution in [1.29, 1.82) is 0 Å². The minimum Gasteiger partial charge on any atom is -0.506 e. The number of aromatic nitrogens is 1. The maximum Gasteiger partial charge on any atom is 0.272 e. The molecule has 2 N–H and O–H groups in total. The molecule has 0 atom stereocenters. The zero-order valence-corrected chi connectivity index (χ0v) is 14.0. The molecule has 4 aliphatic carbocycles. The third-order valence-electron chi connectivity index (χ3n) is 6.32. The minimum atomic E-state index is -0.139. The lowest BCUT2D eigenvalue weighted by atomic mass is 9.49. The minimum absolute atomic E-state index is 0.0316. The molecule has 0 radical (unpaired) electrons. The van der Waals surface area contributed by atoms with E-state index in [1.807, 2.05) is 0 Å². The van der Waals surface area contributed by atoms with E-state index in [1.54, 1.807) is 11.0 Å². The van der Waals surface area contributed by atoms with Gasteiger partial charge in [-0.25, -0.2) is 4.98 Å². The number of pyridine rings is 1. The number of hydrogen-bond acceptors (Lipinski definition) is 4. The van der Waals surface area contributed by atoms with Crippen LogP contribution in [0.4, 0.5) is 0 Å². The van der Waals surface area contributed by atoms with Crippen LogP contribution in [0.5, 0.6) is 5.75 Å². The molecule has 0 saturated heterocycles. The van der Waals surface area contributed by atoms with Crippen molar-refractivity contribution < 1.29 is 15.0 Å². The second kappa shape index (κ2) is 6.03. The van der Waals surface area contributed by atoms with E-state index in [4.69, 9.17) is 0 Å². The van der Waals surface area contributed by atoms with Gasteiger partial charge in [0.25, 0.3) is 5.91 Å². The molecule has 4 fully saturated rings. The largest absolute Gasteiger partial charge is 0.506 e. The third kappa shape index (κ3) is 2.90. The molecule has 1 aromatic rings. The zero-order chi connectivity index (χ0) is 16.7. The summed E-state index contributed by atoms with van der Waals surface area (Å²) in [5.41, 5.74) is 0.585. The van der Waals surface area contributed by atoms with Crippen molar-refractivity contribution in [3.63, 3.8) is 0 Å². The second-order valence-corrected chi connectivity index (χ2v) is 8.27. The number of aromatic hydroxyl groups is 1. The fourth-order valence-electron chi connectivity index (χ4n) is 5.94. The van der Waals surface area contributed by atoms with Crippen molar-refractivity contribution >= 4 is 5.91 Å². The number of hydrogen-bond donors (Lipinski definition) is 2. The number of carbonyl (C=O) groups excluding carboxylic acids is 1. The van der Waals surface area contributed by atoms with Gasteiger partial charge < -0.3 is 15.1 Å². The monoisotopic (exact) mass is 330 g/mol. The molecule has 4 aliphatic rings. The molecule has 0 aliphatic heterocycles. The Hall–Kier alpha value is -1.62. The van der Waals surface area contributed by atoms with Gasteiger partial charge in [-0.3, -0.25) is 4.79 Å². The summed E-state index contributed by atoms with van der Waals surface area (Å²) in [5.74, 6) is 2.44. The van der Waals surface area contributed by atoms with Gasteiger partial charge in [0, 0.05) is 13.1 Å². The summed E-state index contributed by atoms with van der Waals surface area (Å²) in [7, 11) is 0. The number of aliphatic hydroxyl groups is 1. The SMILES string of the molecule is O=C(c1ccc(O)cn1)N(CCO)CC12CC3CC(CC(C3)C1)C2. The molecular formula is C19H26N2O3. The predicted molar refractivity (Wildman–Crippen MR) is 89.5 cm³/mol.